The molecule has 0 spiro atoms. The Bertz CT molecular complexity index is 87.6. The second-order valence-corrected chi connectivity index (χ2v) is 2.91. The summed E-state index contributed by atoms with van der Waals surface area (Å²) >= 11 is 0. The van der Waals surface area contributed by atoms with E-state index < -0.39 is 0 Å². The Morgan fingerprint density at radius 2 is 2.10 bits per heavy atom. The molecule has 0 aromatic rings. The molecule has 1 saturated heterocycles. The molecule has 1 fully saturated rings. The summed E-state index contributed by atoms with van der Waals surface area (Å²) in [5.41, 5.74) is 5.48. The highest BCUT2D eigenvalue weighted by molar-refractivity contribution is 4.79. The van der Waals surface area contributed by atoms with Crippen molar-refractivity contribution in [1.82, 2.24) is 5.32 Å². The summed E-state index contributed by atoms with van der Waals surface area (Å²) in [7, 11) is 0. The highest BCUT2D eigenvalue weighted by Gasteiger charge is 2.18. The first-order valence-corrected chi connectivity index (χ1v) is 3.93. The van der Waals surface area contributed by atoms with Crippen LogP contribution in [0.25, 0.3) is 0 Å². The van der Waals surface area contributed by atoms with E-state index in [1.165, 1.54) is 6.42 Å². The Kier molecular flexibility index (Phi) is 3.12. The van der Waals surface area contributed by atoms with Crippen LogP contribution in [0.4, 0.5) is 0 Å². The summed E-state index contributed by atoms with van der Waals surface area (Å²) in [6.07, 6.45) is 3.44. The van der Waals surface area contributed by atoms with Gasteiger partial charge in [0.2, 0.25) is 0 Å². The van der Waals surface area contributed by atoms with Crippen molar-refractivity contribution < 1.29 is 5.11 Å². The minimum atomic E-state index is 0.247. The first kappa shape index (κ1) is 7.98. The largest absolute Gasteiger partial charge is 0.395 e. The number of nitrogens with two attached hydrogens (primary N) is 1. The van der Waals surface area contributed by atoms with Crippen LogP contribution in [0.3, 0.4) is 0 Å². The Morgan fingerprint density at radius 1 is 1.40 bits per heavy atom. The average Bonchev–Trinajstić information content (AvgIpc) is 2.05. The van der Waals surface area contributed by atoms with Crippen LogP contribution in [0.15, 0.2) is 0 Å². The third kappa shape index (κ3) is 1.94. The van der Waals surface area contributed by atoms with Crippen LogP contribution in [0.1, 0.15) is 19.3 Å². The molecule has 2 unspecified atom stereocenters. The van der Waals surface area contributed by atoms with Crippen molar-refractivity contribution in [3.8, 4) is 0 Å². The highest BCUT2D eigenvalue weighted by atomic mass is 16.3. The van der Waals surface area contributed by atoms with E-state index >= 15 is 0 Å². The van der Waals surface area contributed by atoms with Gasteiger partial charge in [-0.05, 0) is 12.8 Å². The fraction of sp³-hybridized carbons (Fsp3) is 1.00. The SMILES string of the molecule is NCC1CCCC(CO)N1. The van der Waals surface area contributed by atoms with Gasteiger partial charge >= 0.3 is 0 Å². The zero-order valence-electron chi connectivity index (χ0n) is 6.21. The summed E-state index contributed by atoms with van der Waals surface area (Å²) in [5, 5.41) is 12.1. The molecule has 3 nitrogen and oxygen atoms in total. The van der Waals surface area contributed by atoms with Crippen molar-refractivity contribution in [2.24, 2.45) is 5.73 Å². The fourth-order valence-electron chi connectivity index (χ4n) is 1.44. The molecule has 1 aliphatic heterocycles. The third-order valence-electron chi connectivity index (χ3n) is 2.08. The third-order valence-corrected chi connectivity index (χ3v) is 2.08. The van der Waals surface area contributed by atoms with E-state index in [2.05, 4.69) is 5.32 Å². The quantitative estimate of drug-likeness (QED) is 0.487. The van der Waals surface area contributed by atoms with Crippen LogP contribution >= 0.6 is 0 Å². The molecular weight excluding hydrogens is 128 g/mol. The molecule has 1 aliphatic rings. The molecule has 0 bridgehead atoms. The van der Waals surface area contributed by atoms with Gasteiger partial charge in [-0.2, -0.15) is 0 Å². The van der Waals surface area contributed by atoms with Gasteiger partial charge in [0.15, 0.2) is 0 Å². The monoisotopic (exact) mass is 144 g/mol. The van der Waals surface area contributed by atoms with E-state index in [9.17, 15) is 0 Å². The Balaban J connectivity index is 2.25. The normalized spacial score (nSPS) is 34.2. The van der Waals surface area contributed by atoms with E-state index in [-0.39, 0.29) is 6.61 Å². The van der Waals surface area contributed by atoms with E-state index in [1.807, 2.05) is 0 Å². The molecule has 3 heteroatoms. The van der Waals surface area contributed by atoms with Gasteiger partial charge < -0.3 is 16.2 Å². The number of hydrogen-bond acceptors (Lipinski definition) is 3. The molecule has 0 saturated carbocycles. The maximum atomic E-state index is 8.80. The van der Waals surface area contributed by atoms with Crippen LogP contribution < -0.4 is 11.1 Å². The lowest BCUT2D eigenvalue weighted by atomic mass is 9.99. The maximum absolute atomic E-state index is 8.80. The lowest BCUT2D eigenvalue weighted by Crippen LogP contribution is -2.47. The molecule has 4 N–H and O–H groups in total. The van der Waals surface area contributed by atoms with Crippen molar-refractivity contribution in [2.45, 2.75) is 31.3 Å². The number of rotatable bonds is 2. The van der Waals surface area contributed by atoms with Crippen molar-refractivity contribution in [2.75, 3.05) is 13.2 Å². The Labute approximate surface area is 61.6 Å². The summed E-state index contributed by atoms with van der Waals surface area (Å²) in [6, 6.07) is 0.730. The van der Waals surface area contributed by atoms with E-state index in [1.54, 1.807) is 0 Å². The van der Waals surface area contributed by atoms with Gasteiger partial charge in [-0.1, -0.05) is 6.42 Å². The van der Waals surface area contributed by atoms with Crippen molar-refractivity contribution in [3.05, 3.63) is 0 Å². The first-order valence-electron chi connectivity index (χ1n) is 3.93. The van der Waals surface area contributed by atoms with Gasteiger partial charge in [0, 0.05) is 18.6 Å². The topological polar surface area (TPSA) is 58.3 Å². The zero-order chi connectivity index (χ0) is 7.40. The van der Waals surface area contributed by atoms with Crippen molar-refractivity contribution in [1.29, 1.82) is 0 Å². The molecule has 60 valence electrons. The fourth-order valence-corrected chi connectivity index (χ4v) is 1.44. The smallest absolute Gasteiger partial charge is 0.0584 e. The second kappa shape index (κ2) is 3.91. The minimum Gasteiger partial charge on any atom is -0.395 e. The molecule has 0 aromatic heterocycles. The van der Waals surface area contributed by atoms with Gasteiger partial charge in [-0.15, -0.1) is 0 Å². The number of aliphatic hydroxyl groups is 1. The lowest BCUT2D eigenvalue weighted by molar-refractivity contribution is 0.199. The van der Waals surface area contributed by atoms with Gasteiger partial charge in [0.05, 0.1) is 6.61 Å². The molecule has 0 aromatic carbocycles. The average molecular weight is 144 g/mol. The Hall–Kier alpha value is -0.120. The highest BCUT2D eigenvalue weighted by Crippen LogP contribution is 2.10. The maximum Gasteiger partial charge on any atom is 0.0584 e. The summed E-state index contributed by atoms with van der Waals surface area (Å²) in [6.45, 7) is 0.938. The molecule has 10 heavy (non-hydrogen) atoms. The number of aliphatic hydroxyl groups excluding tert-OH is 1. The summed E-state index contributed by atoms with van der Waals surface area (Å²) in [4.78, 5) is 0. The first-order chi connectivity index (χ1) is 4.86. The number of nitrogens with one attached hydrogen (secondary N) is 1. The molecule has 1 heterocycles. The van der Waals surface area contributed by atoms with Crippen LogP contribution in [0.2, 0.25) is 0 Å². The van der Waals surface area contributed by atoms with Crippen LogP contribution in [0.5, 0.6) is 0 Å². The zero-order valence-corrected chi connectivity index (χ0v) is 6.21. The second-order valence-electron chi connectivity index (χ2n) is 2.91. The molecule has 1 rings (SSSR count). The molecule has 0 amide bonds. The lowest BCUT2D eigenvalue weighted by Gasteiger charge is -2.28. The van der Waals surface area contributed by atoms with E-state index in [0.717, 1.165) is 12.8 Å². The van der Waals surface area contributed by atoms with Gasteiger partial charge in [0.1, 0.15) is 0 Å². The van der Waals surface area contributed by atoms with Crippen LogP contribution in [-0.2, 0) is 0 Å². The van der Waals surface area contributed by atoms with E-state index in [0.29, 0.717) is 18.6 Å². The predicted molar refractivity (Wildman–Crippen MR) is 40.7 cm³/mol. The summed E-state index contributed by atoms with van der Waals surface area (Å²) < 4.78 is 0. The predicted octanol–water partition coefficient (Wildman–Crippen LogP) is -0.552. The number of piperidine rings is 1. The minimum absolute atomic E-state index is 0.247. The van der Waals surface area contributed by atoms with Gasteiger partial charge in [-0.3, -0.25) is 0 Å². The Morgan fingerprint density at radius 3 is 2.70 bits per heavy atom. The van der Waals surface area contributed by atoms with Crippen molar-refractivity contribution >= 4 is 0 Å². The van der Waals surface area contributed by atoms with Gasteiger partial charge in [-0.25, -0.2) is 0 Å². The van der Waals surface area contributed by atoms with Crippen molar-refractivity contribution in [3.63, 3.8) is 0 Å². The van der Waals surface area contributed by atoms with E-state index in [4.69, 9.17) is 10.8 Å². The number of hydrogen-bond donors (Lipinski definition) is 3. The molecule has 0 radical (unpaired) electrons. The van der Waals surface area contributed by atoms with Gasteiger partial charge in [0.25, 0.3) is 0 Å². The standard InChI is InChI=1S/C7H16N2O/c8-4-6-2-1-3-7(5-10)9-6/h6-7,9-10H,1-5,8H2. The summed E-state index contributed by atoms with van der Waals surface area (Å²) in [5.74, 6) is 0. The van der Waals surface area contributed by atoms with Crippen LogP contribution in [0, 0.1) is 0 Å². The molecule has 0 aliphatic carbocycles. The molecular formula is C7H16N2O. The molecule has 2 atom stereocenters. The van der Waals surface area contributed by atoms with Crippen LogP contribution in [-0.4, -0.2) is 30.3 Å².